The normalized spacial score (nSPS) is 13.7. The molecule has 25 heavy (non-hydrogen) atoms. The zero-order chi connectivity index (χ0) is 17.9. The van der Waals surface area contributed by atoms with Crippen LogP contribution in [-0.2, 0) is 21.2 Å². The van der Waals surface area contributed by atoms with Gasteiger partial charge in [0, 0.05) is 4.90 Å². The van der Waals surface area contributed by atoms with Crippen molar-refractivity contribution >= 4 is 33.8 Å². The fraction of sp³-hybridized carbons (Fsp3) is 0.211. The van der Waals surface area contributed by atoms with Gasteiger partial charge in [-0.15, -0.1) is 11.8 Å². The lowest BCUT2D eigenvalue weighted by Gasteiger charge is -2.17. The number of rotatable bonds is 5. The van der Waals surface area contributed by atoms with Crippen LogP contribution in [0.1, 0.15) is 23.1 Å². The van der Waals surface area contributed by atoms with E-state index in [2.05, 4.69) is 4.72 Å². The molecule has 2 aromatic rings. The molecule has 3 rings (SSSR count). The first-order valence-corrected chi connectivity index (χ1v) is 10.4. The molecule has 0 aliphatic heterocycles. The Hall–Kier alpha value is -2.05. The number of hydrogen-bond acceptors (Lipinski definition) is 4. The second-order valence-corrected chi connectivity index (χ2v) is 8.64. The number of benzene rings is 2. The maximum atomic E-state index is 12.5. The van der Waals surface area contributed by atoms with Crippen molar-refractivity contribution in [3.63, 3.8) is 0 Å². The molecule has 0 spiro atoms. The van der Waals surface area contributed by atoms with Crippen LogP contribution in [-0.4, -0.2) is 20.1 Å². The van der Waals surface area contributed by atoms with Gasteiger partial charge in [-0.1, -0.05) is 42.5 Å². The second kappa shape index (κ2) is 7.45. The van der Waals surface area contributed by atoms with Crippen LogP contribution >= 0.6 is 11.8 Å². The highest BCUT2D eigenvalue weighted by Crippen LogP contribution is 2.27. The van der Waals surface area contributed by atoms with Gasteiger partial charge >= 0.3 is 0 Å². The van der Waals surface area contributed by atoms with Crippen LogP contribution in [0.5, 0.6) is 0 Å². The molecule has 130 valence electrons. The third-order valence-electron chi connectivity index (χ3n) is 4.06. The average Bonchev–Trinajstić information content (AvgIpc) is 2.60. The first-order valence-electron chi connectivity index (χ1n) is 7.98. The number of amides is 1. The Balaban J connectivity index is 1.67. The Labute approximate surface area is 152 Å². The lowest BCUT2D eigenvalue weighted by Crippen LogP contribution is -2.33. The Bertz CT molecular complexity index is 933. The molecule has 6 heteroatoms. The number of nitrogens with one attached hydrogen (secondary N) is 1. The van der Waals surface area contributed by atoms with Gasteiger partial charge in [-0.2, -0.15) is 0 Å². The van der Waals surface area contributed by atoms with E-state index in [4.69, 9.17) is 0 Å². The molecule has 1 aliphatic rings. The number of fused-ring (bicyclic) bond motifs is 1. The molecule has 0 unspecified atom stereocenters. The quantitative estimate of drug-likeness (QED) is 0.815. The summed E-state index contributed by atoms with van der Waals surface area (Å²) in [6, 6.07) is 15.4. The van der Waals surface area contributed by atoms with E-state index in [9.17, 15) is 13.2 Å². The van der Waals surface area contributed by atoms with Gasteiger partial charge in [-0.25, -0.2) is 13.1 Å². The van der Waals surface area contributed by atoms with Crippen molar-refractivity contribution in [2.45, 2.75) is 24.7 Å². The molecule has 4 nitrogen and oxygen atoms in total. The third-order valence-corrected chi connectivity index (χ3v) is 6.74. The number of allylic oxidation sites excluding steroid dienone is 1. The summed E-state index contributed by atoms with van der Waals surface area (Å²) in [5.41, 5.74) is 3.09. The summed E-state index contributed by atoms with van der Waals surface area (Å²) in [5, 5.41) is 0. The van der Waals surface area contributed by atoms with Gasteiger partial charge in [-0.05, 0) is 48.6 Å². The largest absolute Gasteiger partial charge is 0.273 e. The van der Waals surface area contributed by atoms with E-state index in [-0.39, 0.29) is 10.7 Å². The zero-order valence-electron chi connectivity index (χ0n) is 13.9. The maximum absolute atomic E-state index is 12.5. The molecular weight excluding hydrogens is 354 g/mol. The number of hydrogen-bond donors (Lipinski definition) is 1. The van der Waals surface area contributed by atoms with E-state index in [1.54, 1.807) is 6.08 Å². The van der Waals surface area contributed by atoms with Crippen molar-refractivity contribution in [2.75, 3.05) is 5.75 Å². The van der Waals surface area contributed by atoms with Crippen molar-refractivity contribution in [1.29, 1.82) is 0 Å². The first-order chi connectivity index (χ1) is 12.0. The standard InChI is InChI=1S/C19H19NO3S2/c1-14-6-2-5-9-18(14)24-13-19(21)20-25(22,23)17-11-10-15-7-3-4-8-16(15)12-17/h2-9,12H,10-11,13H2,1H3,(H,20,21). The fourth-order valence-corrected chi connectivity index (χ4v) is 4.80. The zero-order valence-corrected chi connectivity index (χ0v) is 15.5. The molecule has 2 aromatic carbocycles. The average molecular weight is 373 g/mol. The van der Waals surface area contributed by atoms with Crippen molar-refractivity contribution in [3.8, 4) is 0 Å². The Morgan fingerprint density at radius 1 is 1.08 bits per heavy atom. The summed E-state index contributed by atoms with van der Waals surface area (Å²) in [6.07, 6.45) is 2.72. The molecular formula is C19H19NO3S2. The SMILES string of the molecule is Cc1ccccc1SCC(=O)NS(=O)(=O)C1=Cc2ccccc2CC1. The molecule has 0 saturated carbocycles. The molecule has 0 saturated heterocycles. The smallest absolute Gasteiger partial charge is 0.260 e. The van der Waals surface area contributed by atoms with Crippen LogP contribution in [0.15, 0.2) is 58.3 Å². The molecule has 0 bridgehead atoms. The minimum atomic E-state index is -3.79. The topological polar surface area (TPSA) is 63.2 Å². The molecule has 0 heterocycles. The van der Waals surface area contributed by atoms with Crippen molar-refractivity contribution in [2.24, 2.45) is 0 Å². The van der Waals surface area contributed by atoms with Crippen LogP contribution in [0.4, 0.5) is 0 Å². The fourth-order valence-electron chi connectivity index (χ4n) is 2.72. The minimum absolute atomic E-state index is 0.0634. The van der Waals surface area contributed by atoms with E-state index >= 15 is 0 Å². The monoisotopic (exact) mass is 373 g/mol. The van der Waals surface area contributed by atoms with Gasteiger partial charge < -0.3 is 0 Å². The second-order valence-electron chi connectivity index (χ2n) is 5.89. The number of aryl methyl sites for hydroxylation is 2. The number of sulfonamides is 1. The van der Waals surface area contributed by atoms with Crippen molar-refractivity contribution in [3.05, 3.63) is 70.1 Å². The molecule has 0 aromatic heterocycles. The predicted molar refractivity (Wildman–Crippen MR) is 102 cm³/mol. The highest BCUT2D eigenvalue weighted by molar-refractivity contribution is 8.00. The van der Waals surface area contributed by atoms with E-state index in [1.807, 2.05) is 55.5 Å². The third kappa shape index (κ3) is 4.32. The van der Waals surface area contributed by atoms with Crippen molar-refractivity contribution < 1.29 is 13.2 Å². The van der Waals surface area contributed by atoms with Gasteiger partial charge in [-0.3, -0.25) is 4.79 Å². The Morgan fingerprint density at radius 2 is 1.80 bits per heavy atom. The Morgan fingerprint density at radius 3 is 2.60 bits per heavy atom. The summed E-state index contributed by atoms with van der Waals surface area (Å²) in [6.45, 7) is 1.96. The number of carbonyl (C=O) groups is 1. The van der Waals surface area contributed by atoms with Gasteiger partial charge in [0.1, 0.15) is 0 Å². The molecule has 1 amide bonds. The van der Waals surface area contributed by atoms with Gasteiger partial charge in [0.05, 0.1) is 10.7 Å². The highest BCUT2D eigenvalue weighted by atomic mass is 32.2. The van der Waals surface area contributed by atoms with E-state index in [0.717, 1.165) is 21.6 Å². The molecule has 1 aliphatic carbocycles. The highest BCUT2D eigenvalue weighted by Gasteiger charge is 2.23. The Kier molecular flexibility index (Phi) is 5.30. The molecule has 0 fully saturated rings. The lowest BCUT2D eigenvalue weighted by molar-refractivity contribution is -0.116. The first kappa shape index (κ1) is 17.8. The van der Waals surface area contributed by atoms with Crippen LogP contribution < -0.4 is 4.72 Å². The van der Waals surface area contributed by atoms with Gasteiger partial charge in [0.25, 0.3) is 10.0 Å². The summed E-state index contributed by atoms with van der Waals surface area (Å²) >= 11 is 1.34. The van der Waals surface area contributed by atoms with E-state index < -0.39 is 15.9 Å². The summed E-state index contributed by atoms with van der Waals surface area (Å²) in [7, 11) is -3.79. The summed E-state index contributed by atoms with van der Waals surface area (Å²) in [5.74, 6) is -0.443. The molecule has 1 N–H and O–H groups in total. The van der Waals surface area contributed by atoms with E-state index in [1.165, 1.54) is 11.8 Å². The van der Waals surface area contributed by atoms with Crippen LogP contribution in [0, 0.1) is 6.92 Å². The number of thioether (sulfide) groups is 1. The lowest BCUT2D eigenvalue weighted by atomic mass is 9.98. The summed E-state index contributed by atoms with van der Waals surface area (Å²) < 4.78 is 27.1. The molecule has 0 radical (unpaired) electrons. The van der Waals surface area contributed by atoms with E-state index in [0.29, 0.717) is 12.8 Å². The van der Waals surface area contributed by atoms with Gasteiger partial charge in [0.15, 0.2) is 0 Å². The predicted octanol–water partition coefficient (Wildman–Crippen LogP) is 3.52. The van der Waals surface area contributed by atoms with Crippen LogP contribution in [0.2, 0.25) is 0 Å². The molecule has 0 atom stereocenters. The van der Waals surface area contributed by atoms with Gasteiger partial charge in [0.2, 0.25) is 5.91 Å². The maximum Gasteiger partial charge on any atom is 0.260 e. The number of carbonyl (C=O) groups excluding carboxylic acids is 1. The van der Waals surface area contributed by atoms with Crippen LogP contribution in [0.3, 0.4) is 0 Å². The van der Waals surface area contributed by atoms with Crippen molar-refractivity contribution in [1.82, 2.24) is 4.72 Å². The summed E-state index contributed by atoms with van der Waals surface area (Å²) in [4.78, 5) is 13.3. The minimum Gasteiger partial charge on any atom is -0.273 e. The van der Waals surface area contributed by atoms with Crippen LogP contribution in [0.25, 0.3) is 6.08 Å².